The van der Waals surface area contributed by atoms with E-state index < -0.39 is 12.1 Å². The number of unbranched alkanes of at least 4 members (excludes halogenated alkanes) is 27. The second-order valence-corrected chi connectivity index (χ2v) is 13.7. The van der Waals surface area contributed by atoms with Crippen LogP contribution in [-0.4, -0.2) is 34.9 Å². The molecular weight excluding hydrogens is 542 g/mol. The number of hydrogen-bond acceptors (Lipinski definition) is 3. The van der Waals surface area contributed by atoms with Crippen molar-refractivity contribution >= 4 is 5.91 Å². The van der Waals surface area contributed by atoms with Crippen molar-refractivity contribution in [3.8, 4) is 0 Å². The molecule has 0 unspecified atom stereocenters. The number of aliphatic hydroxyl groups is 2. The van der Waals surface area contributed by atoms with Crippen LogP contribution in [0, 0.1) is 0 Å². The molecule has 0 heterocycles. The summed E-state index contributed by atoms with van der Waals surface area (Å²) in [5.74, 6) is -0.0384. The van der Waals surface area contributed by atoms with Gasteiger partial charge in [-0.05, 0) is 38.5 Å². The number of aliphatic hydroxyl groups excluding tert-OH is 2. The monoisotopic (exact) mass is 622 g/mol. The number of carbonyl (C=O) groups is 1. The molecule has 0 aromatic heterocycles. The highest BCUT2D eigenvalue weighted by molar-refractivity contribution is 5.76. The Labute approximate surface area is 276 Å². The van der Waals surface area contributed by atoms with Crippen LogP contribution in [0.15, 0.2) is 12.2 Å². The first kappa shape index (κ1) is 43.1. The lowest BCUT2D eigenvalue weighted by Gasteiger charge is -2.22. The second kappa shape index (κ2) is 36.6. The second-order valence-electron chi connectivity index (χ2n) is 13.7. The van der Waals surface area contributed by atoms with E-state index in [9.17, 15) is 15.0 Å². The van der Waals surface area contributed by atoms with E-state index in [4.69, 9.17) is 0 Å². The first-order chi connectivity index (χ1) is 21.7. The van der Waals surface area contributed by atoms with Gasteiger partial charge < -0.3 is 15.5 Å². The van der Waals surface area contributed by atoms with Gasteiger partial charge in [0.15, 0.2) is 0 Å². The largest absolute Gasteiger partial charge is 0.394 e. The van der Waals surface area contributed by atoms with Crippen LogP contribution in [-0.2, 0) is 4.79 Å². The van der Waals surface area contributed by atoms with E-state index in [0.29, 0.717) is 12.8 Å². The molecule has 0 saturated heterocycles. The van der Waals surface area contributed by atoms with Crippen LogP contribution in [0.2, 0.25) is 0 Å². The Hall–Kier alpha value is -0.870. The highest BCUT2D eigenvalue weighted by Crippen LogP contribution is 2.15. The molecule has 262 valence electrons. The first-order valence-corrected chi connectivity index (χ1v) is 19.9. The molecule has 0 aliphatic heterocycles. The molecule has 2 atom stereocenters. The summed E-state index contributed by atoms with van der Waals surface area (Å²) in [4.78, 5) is 12.3. The molecule has 4 heteroatoms. The minimum Gasteiger partial charge on any atom is -0.394 e. The van der Waals surface area contributed by atoms with E-state index in [1.807, 2.05) is 0 Å². The van der Waals surface area contributed by atoms with Crippen molar-refractivity contribution in [1.82, 2.24) is 5.32 Å². The topological polar surface area (TPSA) is 69.6 Å². The van der Waals surface area contributed by atoms with E-state index in [0.717, 1.165) is 32.1 Å². The molecule has 44 heavy (non-hydrogen) atoms. The van der Waals surface area contributed by atoms with Crippen LogP contribution in [0.25, 0.3) is 0 Å². The number of hydrogen-bond donors (Lipinski definition) is 3. The summed E-state index contributed by atoms with van der Waals surface area (Å²) in [5, 5.41) is 23.1. The fourth-order valence-corrected chi connectivity index (χ4v) is 6.18. The fourth-order valence-electron chi connectivity index (χ4n) is 6.18. The van der Waals surface area contributed by atoms with Gasteiger partial charge in [-0.2, -0.15) is 0 Å². The van der Waals surface area contributed by atoms with Gasteiger partial charge in [-0.1, -0.05) is 187 Å². The summed E-state index contributed by atoms with van der Waals surface area (Å²) >= 11 is 0. The Morgan fingerprint density at radius 3 is 1.25 bits per heavy atom. The summed E-state index contributed by atoms with van der Waals surface area (Å²) in [6.07, 6.45) is 44.2. The fraction of sp³-hybridized carbons (Fsp3) is 0.925. The highest BCUT2D eigenvalue weighted by Gasteiger charge is 2.19. The molecule has 0 spiro atoms. The van der Waals surface area contributed by atoms with Crippen LogP contribution in [0.5, 0.6) is 0 Å². The summed E-state index contributed by atoms with van der Waals surface area (Å²) in [6.45, 7) is 4.35. The molecule has 3 N–H and O–H groups in total. The quantitative estimate of drug-likeness (QED) is 0.0481. The van der Waals surface area contributed by atoms with Crippen molar-refractivity contribution < 1.29 is 15.0 Å². The molecule has 0 saturated carbocycles. The molecule has 0 radical (unpaired) electrons. The minimum atomic E-state index is -0.675. The summed E-state index contributed by atoms with van der Waals surface area (Å²) in [6, 6.07) is -0.546. The zero-order chi connectivity index (χ0) is 32.2. The van der Waals surface area contributed by atoms with E-state index in [2.05, 4.69) is 31.3 Å². The molecule has 0 aliphatic rings. The van der Waals surface area contributed by atoms with Crippen LogP contribution < -0.4 is 5.32 Å². The Balaban J connectivity index is 3.54. The van der Waals surface area contributed by atoms with Gasteiger partial charge in [-0.15, -0.1) is 0 Å². The summed E-state index contributed by atoms with van der Waals surface area (Å²) < 4.78 is 0. The Kier molecular flexibility index (Phi) is 35.9. The van der Waals surface area contributed by atoms with E-state index in [1.54, 1.807) is 0 Å². The minimum absolute atomic E-state index is 0.0384. The van der Waals surface area contributed by atoms with E-state index in [-0.39, 0.29) is 12.5 Å². The van der Waals surface area contributed by atoms with Crippen LogP contribution in [0.3, 0.4) is 0 Å². The molecular formula is C40H79NO3. The number of amides is 1. The molecule has 1 amide bonds. The van der Waals surface area contributed by atoms with Crippen LogP contribution in [0.1, 0.15) is 219 Å². The van der Waals surface area contributed by atoms with Crippen LogP contribution in [0.4, 0.5) is 0 Å². The van der Waals surface area contributed by atoms with E-state index >= 15 is 0 Å². The van der Waals surface area contributed by atoms with Crippen molar-refractivity contribution in [2.75, 3.05) is 6.61 Å². The van der Waals surface area contributed by atoms with Gasteiger partial charge in [-0.3, -0.25) is 4.79 Å². The molecule has 0 fully saturated rings. The van der Waals surface area contributed by atoms with Crippen LogP contribution >= 0.6 is 0 Å². The van der Waals surface area contributed by atoms with Crippen molar-refractivity contribution in [2.45, 2.75) is 231 Å². The van der Waals surface area contributed by atoms with Crippen molar-refractivity contribution in [2.24, 2.45) is 0 Å². The maximum atomic E-state index is 12.3. The molecule has 4 nitrogen and oxygen atoms in total. The van der Waals surface area contributed by atoms with Crippen molar-refractivity contribution in [3.05, 3.63) is 12.2 Å². The molecule has 0 aromatic rings. The maximum Gasteiger partial charge on any atom is 0.220 e. The lowest BCUT2D eigenvalue weighted by atomic mass is 10.0. The maximum absolute atomic E-state index is 12.3. The smallest absolute Gasteiger partial charge is 0.220 e. The third-order valence-corrected chi connectivity index (χ3v) is 9.28. The van der Waals surface area contributed by atoms with Gasteiger partial charge in [-0.25, -0.2) is 0 Å². The predicted octanol–water partition coefficient (Wildman–Crippen LogP) is 11.9. The third-order valence-electron chi connectivity index (χ3n) is 9.28. The van der Waals surface area contributed by atoms with Crippen molar-refractivity contribution in [1.29, 1.82) is 0 Å². The normalized spacial score (nSPS) is 13.1. The molecule has 0 rings (SSSR count). The van der Waals surface area contributed by atoms with Gasteiger partial charge in [0.05, 0.1) is 18.8 Å². The molecule has 0 aliphatic carbocycles. The zero-order valence-electron chi connectivity index (χ0n) is 29.9. The third kappa shape index (κ3) is 32.5. The summed E-state index contributed by atoms with van der Waals surface area (Å²) in [7, 11) is 0. The average Bonchev–Trinajstić information content (AvgIpc) is 3.03. The lowest BCUT2D eigenvalue weighted by molar-refractivity contribution is -0.123. The Morgan fingerprint density at radius 1 is 0.523 bits per heavy atom. The number of allylic oxidation sites excluding steroid dienone is 2. The van der Waals surface area contributed by atoms with Gasteiger partial charge in [0.1, 0.15) is 0 Å². The molecule has 0 aromatic carbocycles. The average molecular weight is 622 g/mol. The van der Waals surface area contributed by atoms with Crippen molar-refractivity contribution in [3.63, 3.8) is 0 Å². The Bertz CT molecular complexity index is 593. The van der Waals surface area contributed by atoms with Gasteiger partial charge >= 0.3 is 0 Å². The van der Waals surface area contributed by atoms with Gasteiger partial charge in [0, 0.05) is 6.42 Å². The SMILES string of the molecule is CCCCCCCCCC/C=C/CCCC[C@@H](O)[C@H](CO)NC(=O)CCCCCCCCCCCCCCCCCCCC. The Morgan fingerprint density at radius 2 is 0.864 bits per heavy atom. The number of carbonyl (C=O) groups excluding carboxylic acids is 1. The van der Waals surface area contributed by atoms with E-state index in [1.165, 1.54) is 161 Å². The summed E-state index contributed by atoms with van der Waals surface area (Å²) in [5.41, 5.74) is 0. The van der Waals surface area contributed by atoms with Gasteiger partial charge in [0.2, 0.25) is 5.91 Å². The standard InChI is InChI=1S/C40H79NO3/c1-3-5-7-9-11-13-15-17-19-20-21-22-24-26-28-30-32-34-36-40(44)41-38(37-42)39(43)35-33-31-29-27-25-23-18-16-14-12-10-8-6-4-2/h25,27,38-39,42-43H,3-24,26,28-37H2,1-2H3,(H,41,44)/b27-25+/t38-,39+/m0/s1. The number of nitrogens with one attached hydrogen (secondary N) is 1. The predicted molar refractivity (Wildman–Crippen MR) is 193 cm³/mol. The van der Waals surface area contributed by atoms with Gasteiger partial charge in [0.25, 0.3) is 0 Å². The number of rotatable bonds is 36. The first-order valence-electron chi connectivity index (χ1n) is 19.9. The highest BCUT2D eigenvalue weighted by atomic mass is 16.3. The zero-order valence-corrected chi connectivity index (χ0v) is 29.9. The molecule has 0 bridgehead atoms. The lowest BCUT2D eigenvalue weighted by Crippen LogP contribution is -2.45.